The lowest BCUT2D eigenvalue weighted by molar-refractivity contribution is -0.140. The Morgan fingerprint density at radius 3 is 2.55 bits per heavy atom. The van der Waals surface area contributed by atoms with Crippen LogP contribution in [0.5, 0.6) is 0 Å². The molecule has 0 spiro atoms. The van der Waals surface area contributed by atoms with Gasteiger partial charge in [0, 0.05) is 13.1 Å². The van der Waals surface area contributed by atoms with Gasteiger partial charge >= 0.3 is 18.2 Å². The number of hydrogen-bond acceptors (Lipinski definition) is 5. The molecular weight excluding hydrogens is 376 g/mol. The van der Waals surface area contributed by atoms with E-state index in [1.54, 1.807) is 25.7 Å². The van der Waals surface area contributed by atoms with Crippen molar-refractivity contribution in [2.24, 2.45) is 5.92 Å². The van der Waals surface area contributed by atoms with Crippen LogP contribution < -0.4 is 5.32 Å². The number of ether oxygens (including phenoxy) is 2. The molecule has 1 aliphatic heterocycles. The summed E-state index contributed by atoms with van der Waals surface area (Å²) in [7, 11) is 0. The van der Waals surface area contributed by atoms with Gasteiger partial charge in [-0.1, -0.05) is 30.3 Å². The van der Waals surface area contributed by atoms with E-state index in [2.05, 4.69) is 5.32 Å². The molecule has 0 saturated carbocycles. The summed E-state index contributed by atoms with van der Waals surface area (Å²) < 4.78 is 10.5. The largest absolute Gasteiger partial charge is 0.480 e. The van der Waals surface area contributed by atoms with Crippen molar-refractivity contribution in [3.63, 3.8) is 0 Å². The molecule has 1 aliphatic rings. The fraction of sp³-hybridized carbons (Fsp3) is 0.571. The third-order valence-electron chi connectivity index (χ3n) is 4.54. The number of hydrogen-bond donors (Lipinski definition) is 2. The van der Waals surface area contributed by atoms with E-state index in [1.165, 1.54) is 0 Å². The van der Waals surface area contributed by atoms with E-state index in [0.29, 0.717) is 13.1 Å². The second kappa shape index (κ2) is 10.1. The van der Waals surface area contributed by atoms with Gasteiger partial charge in [-0.2, -0.15) is 0 Å². The van der Waals surface area contributed by atoms with Crippen molar-refractivity contribution in [2.75, 3.05) is 13.1 Å². The minimum Gasteiger partial charge on any atom is -0.480 e. The van der Waals surface area contributed by atoms with E-state index in [9.17, 15) is 19.5 Å². The zero-order valence-corrected chi connectivity index (χ0v) is 17.2. The van der Waals surface area contributed by atoms with Crippen molar-refractivity contribution in [3.8, 4) is 0 Å². The maximum Gasteiger partial charge on any atom is 0.410 e. The Hall–Kier alpha value is -2.77. The van der Waals surface area contributed by atoms with E-state index < -0.39 is 29.8 Å². The number of benzene rings is 1. The van der Waals surface area contributed by atoms with Crippen LogP contribution in [0.25, 0.3) is 0 Å². The molecule has 0 aromatic heterocycles. The minimum absolute atomic E-state index is 0.0493. The SMILES string of the molecule is CC(C)(C)OC(=O)N1CCCC(CC(NC(=O)OCc2ccccc2)C(=O)O)C1. The van der Waals surface area contributed by atoms with Crippen molar-refractivity contribution < 1.29 is 29.0 Å². The van der Waals surface area contributed by atoms with Gasteiger partial charge in [0.1, 0.15) is 18.2 Å². The van der Waals surface area contributed by atoms with Gasteiger partial charge < -0.3 is 24.8 Å². The summed E-state index contributed by atoms with van der Waals surface area (Å²) in [4.78, 5) is 37.5. The lowest BCUT2D eigenvalue weighted by atomic mass is 9.91. The Morgan fingerprint density at radius 2 is 1.93 bits per heavy atom. The Labute approximate surface area is 171 Å². The van der Waals surface area contributed by atoms with Crippen LogP contribution in [0.15, 0.2) is 30.3 Å². The highest BCUT2D eigenvalue weighted by molar-refractivity contribution is 5.79. The molecule has 1 fully saturated rings. The Morgan fingerprint density at radius 1 is 1.24 bits per heavy atom. The predicted molar refractivity (Wildman–Crippen MR) is 106 cm³/mol. The molecule has 160 valence electrons. The number of alkyl carbamates (subject to hydrolysis) is 1. The second-order valence-corrected chi connectivity index (χ2v) is 8.27. The maximum absolute atomic E-state index is 12.3. The molecule has 1 aromatic carbocycles. The Balaban J connectivity index is 1.86. The van der Waals surface area contributed by atoms with Crippen LogP contribution in [0.3, 0.4) is 0 Å². The van der Waals surface area contributed by atoms with Crippen molar-refractivity contribution in [1.82, 2.24) is 10.2 Å². The van der Waals surface area contributed by atoms with Crippen molar-refractivity contribution in [1.29, 1.82) is 0 Å². The zero-order chi connectivity index (χ0) is 21.4. The highest BCUT2D eigenvalue weighted by atomic mass is 16.6. The molecule has 29 heavy (non-hydrogen) atoms. The molecule has 1 aromatic rings. The van der Waals surface area contributed by atoms with Crippen LogP contribution in [0, 0.1) is 5.92 Å². The van der Waals surface area contributed by atoms with Gasteiger partial charge in [-0.05, 0) is 51.5 Å². The minimum atomic E-state index is -1.13. The summed E-state index contributed by atoms with van der Waals surface area (Å²) in [6, 6.07) is 8.06. The molecule has 8 heteroatoms. The number of carbonyl (C=O) groups is 3. The number of rotatable bonds is 6. The number of amides is 2. The number of carboxylic acids is 1. The monoisotopic (exact) mass is 406 g/mol. The molecule has 0 aliphatic carbocycles. The van der Waals surface area contributed by atoms with Gasteiger partial charge in [0.2, 0.25) is 0 Å². The van der Waals surface area contributed by atoms with Gasteiger partial charge in [0.15, 0.2) is 0 Å². The van der Waals surface area contributed by atoms with Crippen molar-refractivity contribution in [3.05, 3.63) is 35.9 Å². The lowest BCUT2D eigenvalue weighted by Gasteiger charge is -2.35. The first-order chi connectivity index (χ1) is 13.6. The molecule has 0 radical (unpaired) electrons. The summed E-state index contributed by atoms with van der Waals surface area (Å²) >= 11 is 0. The van der Waals surface area contributed by atoms with Gasteiger partial charge in [-0.15, -0.1) is 0 Å². The number of aliphatic carboxylic acids is 1. The van der Waals surface area contributed by atoms with Crippen molar-refractivity contribution in [2.45, 2.75) is 58.3 Å². The number of nitrogens with one attached hydrogen (secondary N) is 1. The number of nitrogens with zero attached hydrogens (tertiary/aromatic N) is 1. The number of carboxylic acid groups (broad SMARTS) is 1. The van der Waals surface area contributed by atoms with Gasteiger partial charge in [0.05, 0.1) is 0 Å². The summed E-state index contributed by atoms with van der Waals surface area (Å²) in [5.74, 6) is -1.18. The summed E-state index contributed by atoms with van der Waals surface area (Å²) in [6.07, 6.45) is 0.582. The first-order valence-corrected chi connectivity index (χ1v) is 9.82. The highest BCUT2D eigenvalue weighted by Gasteiger charge is 2.31. The summed E-state index contributed by atoms with van der Waals surface area (Å²) in [5.41, 5.74) is 0.229. The number of piperidine rings is 1. The Kier molecular flexibility index (Phi) is 7.87. The smallest absolute Gasteiger partial charge is 0.410 e. The standard InChI is InChI=1S/C21H30N2O6/c1-21(2,3)29-20(27)23-11-7-10-16(13-23)12-17(18(24)25)22-19(26)28-14-15-8-5-4-6-9-15/h4-6,8-9,16-17H,7,10-14H2,1-3H3,(H,22,26)(H,24,25). The van der Waals surface area contributed by atoms with Crippen LogP contribution >= 0.6 is 0 Å². The summed E-state index contributed by atoms with van der Waals surface area (Å²) in [6.45, 7) is 6.46. The average Bonchev–Trinajstić information content (AvgIpc) is 2.65. The van der Waals surface area contributed by atoms with E-state index in [-0.39, 0.29) is 18.9 Å². The quantitative estimate of drug-likeness (QED) is 0.750. The molecular formula is C21H30N2O6. The van der Waals surface area contributed by atoms with Crippen LogP contribution in [-0.2, 0) is 20.9 Å². The molecule has 8 nitrogen and oxygen atoms in total. The molecule has 0 bridgehead atoms. The highest BCUT2D eigenvalue weighted by Crippen LogP contribution is 2.23. The summed E-state index contributed by atoms with van der Waals surface area (Å²) in [5, 5.41) is 11.9. The van der Waals surface area contributed by atoms with Crippen LogP contribution in [-0.4, -0.2) is 52.9 Å². The van der Waals surface area contributed by atoms with E-state index in [4.69, 9.17) is 9.47 Å². The topological polar surface area (TPSA) is 105 Å². The first-order valence-electron chi connectivity index (χ1n) is 9.82. The van der Waals surface area contributed by atoms with Gasteiger partial charge in [0.25, 0.3) is 0 Å². The van der Waals surface area contributed by atoms with Crippen LogP contribution in [0.1, 0.15) is 45.6 Å². The second-order valence-electron chi connectivity index (χ2n) is 8.27. The fourth-order valence-corrected chi connectivity index (χ4v) is 3.21. The molecule has 2 unspecified atom stereocenters. The fourth-order valence-electron chi connectivity index (χ4n) is 3.21. The Bertz CT molecular complexity index is 701. The molecule has 1 heterocycles. The van der Waals surface area contributed by atoms with Gasteiger partial charge in [-0.25, -0.2) is 14.4 Å². The van der Waals surface area contributed by atoms with Crippen LogP contribution in [0.2, 0.25) is 0 Å². The predicted octanol–water partition coefficient (Wildman–Crippen LogP) is 3.40. The number of likely N-dealkylation sites (tertiary alicyclic amines) is 1. The van der Waals surface area contributed by atoms with E-state index in [1.807, 2.05) is 30.3 Å². The van der Waals surface area contributed by atoms with Crippen molar-refractivity contribution >= 4 is 18.2 Å². The van der Waals surface area contributed by atoms with Gasteiger partial charge in [-0.3, -0.25) is 0 Å². The average molecular weight is 406 g/mol. The normalized spacial score (nSPS) is 17.9. The third-order valence-corrected chi connectivity index (χ3v) is 4.54. The molecule has 2 amide bonds. The maximum atomic E-state index is 12.3. The van der Waals surface area contributed by atoms with Crippen LogP contribution in [0.4, 0.5) is 9.59 Å². The van der Waals surface area contributed by atoms with E-state index in [0.717, 1.165) is 18.4 Å². The van der Waals surface area contributed by atoms with E-state index >= 15 is 0 Å². The molecule has 2 rings (SSSR count). The number of carbonyl (C=O) groups excluding carboxylic acids is 2. The third kappa shape index (κ3) is 8.01. The zero-order valence-electron chi connectivity index (χ0n) is 17.2. The first kappa shape index (κ1) is 22.5. The molecule has 2 N–H and O–H groups in total. The lowest BCUT2D eigenvalue weighted by Crippen LogP contribution is -2.47. The molecule has 2 atom stereocenters. The molecule has 1 saturated heterocycles.